The van der Waals surface area contributed by atoms with E-state index < -0.39 is 68.0 Å². The number of allylic oxidation sites excluding steroid dienone is 1. The van der Waals surface area contributed by atoms with Crippen molar-refractivity contribution in [2.75, 3.05) is 19.8 Å². The number of unbranched alkanes of at least 4 members (excludes halogenated alkanes) is 1. The van der Waals surface area contributed by atoms with Gasteiger partial charge in [0, 0.05) is 0 Å². The lowest BCUT2D eigenvalue weighted by Gasteiger charge is -2.42. The van der Waals surface area contributed by atoms with E-state index in [1.807, 2.05) is 0 Å². The monoisotopic (exact) mass is 410 g/mol. The number of ether oxygens (including phenoxy) is 4. The molecule has 0 unspecified atom stereocenters. The van der Waals surface area contributed by atoms with Gasteiger partial charge in [-0.2, -0.15) is 0 Å². The molecule has 2 saturated heterocycles. The second-order valence-electron chi connectivity index (χ2n) is 6.85. The summed E-state index contributed by atoms with van der Waals surface area (Å²) in [6.45, 7) is 2.82. The molecule has 0 saturated carbocycles. The van der Waals surface area contributed by atoms with E-state index in [0.29, 0.717) is 12.8 Å². The molecule has 10 atom stereocenters. The average molecular weight is 410 g/mol. The van der Waals surface area contributed by atoms with Crippen molar-refractivity contribution < 1.29 is 54.7 Å². The number of aliphatic hydroxyl groups excluding tert-OH is 7. The maximum atomic E-state index is 10.1. The van der Waals surface area contributed by atoms with Crippen molar-refractivity contribution in [1.29, 1.82) is 0 Å². The lowest BCUT2D eigenvalue weighted by Crippen LogP contribution is -2.61. The number of rotatable bonds is 9. The van der Waals surface area contributed by atoms with Gasteiger partial charge in [0.2, 0.25) is 0 Å². The first kappa shape index (κ1) is 23.6. The van der Waals surface area contributed by atoms with Gasteiger partial charge in [-0.25, -0.2) is 0 Å². The third kappa shape index (κ3) is 5.46. The van der Waals surface area contributed by atoms with Crippen LogP contribution in [-0.4, -0.2) is 117 Å². The molecule has 164 valence electrons. The van der Waals surface area contributed by atoms with Gasteiger partial charge >= 0.3 is 0 Å². The fraction of sp³-hybridized carbons (Fsp3) is 0.882. The van der Waals surface area contributed by atoms with Crippen LogP contribution < -0.4 is 0 Å². The van der Waals surface area contributed by atoms with Gasteiger partial charge in [0.1, 0.15) is 48.8 Å². The summed E-state index contributed by atoms with van der Waals surface area (Å²) in [6, 6.07) is 0. The molecule has 0 spiro atoms. The van der Waals surface area contributed by atoms with Crippen LogP contribution in [0, 0.1) is 0 Å². The van der Waals surface area contributed by atoms with Crippen LogP contribution in [0.3, 0.4) is 0 Å². The van der Waals surface area contributed by atoms with Crippen molar-refractivity contribution in [2.45, 2.75) is 74.3 Å². The molecule has 2 fully saturated rings. The van der Waals surface area contributed by atoms with Crippen LogP contribution in [0.4, 0.5) is 0 Å². The highest BCUT2D eigenvalue weighted by molar-refractivity contribution is 4.91. The van der Waals surface area contributed by atoms with E-state index in [0.717, 1.165) is 0 Å². The molecule has 0 aromatic heterocycles. The molecule has 2 heterocycles. The summed E-state index contributed by atoms with van der Waals surface area (Å²) in [5, 5.41) is 68.8. The molecule has 0 radical (unpaired) electrons. The van der Waals surface area contributed by atoms with Gasteiger partial charge in [0.25, 0.3) is 0 Å². The number of hydrogen-bond acceptors (Lipinski definition) is 11. The van der Waals surface area contributed by atoms with Crippen LogP contribution in [0.1, 0.15) is 12.8 Å². The SMILES string of the molecule is C=CCCCO[C@@H]1O[C@H](CO[C@@H]2O[C@H](CO)[C@H](O)[C@H](O)[C@H]2O)[C@@H](O)[C@H](O)[C@H]1O. The highest BCUT2D eigenvalue weighted by Crippen LogP contribution is 2.26. The van der Waals surface area contributed by atoms with Crippen LogP contribution in [-0.2, 0) is 18.9 Å². The van der Waals surface area contributed by atoms with Crippen molar-refractivity contribution >= 4 is 0 Å². The van der Waals surface area contributed by atoms with Crippen LogP contribution >= 0.6 is 0 Å². The Kier molecular flexibility index (Phi) is 9.18. The largest absolute Gasteiger partial charge is 0.394 e. The first-order chi connectivity index (χ1) is 13.3. The molecule has 2 aliphatic heterocycles. The van der Waals surface area contributed by atoms with E-state index in [4.69, 9.17) is 18.9 Å². The molecule has 28 heavy (non-hydrogen) atoms. The Morgan fingerprint density at radius 3 is 1.86 bits per heavy atom. The smallest absolute Gasteiger partial charge is 0.186 e. The maximum Gasteiger partial charge on any atom is 0.186 e. The molecule has 0 aromatic carbocycles. The first-order valence-corrected chi connectivity index (χ1v) is 9.16. The van der Waals surface area contributed by atoms with Gasteiger partial charge in [0.15, 0.2) is 12.6 Å². The first-order valence-electron chi connectivity index (χ1n) is 9.16. The molecular formula is C17H30O11. The third-order valence-electron chi connectivity index (χ3n) is 4.78. The van der Waals surface area contributed by atoms with E-state index in [-0.39, 0.29) is 13.2 Å². The fourth-order valence-electron chi connectivity index (χ4n) is 3.01. The molecular weight excluding hydrogens is 380 g/mol. The number of hydrogen-bond donors (Lipinski definition) is 7. The van der Waals surface area contributed by atoms with Crippen molar-refractivity contribution in [2.24, 2.45) is 0 Å². The quantitative estimate of drug-likeness (QED) is 0.149. The van der Waals surface area contributed by atoms with Crippen molar-refractivity contribution in [1.82, 2.24) is 0 Å². The van der Waals surface area contributed by atoms with Gasteiger partial charge in [-0.1, -0.05) is 6.08 Å². The molecule has 0 bridgehead atoms. The Balaban J connectivity index is 1.92. The van der Waals surface area contributed by atoms with Crippen LogP contribution in [0.5, 0.6) is 0 Å². The Labute approximate surface area is 162 Å². The van der Waals surface area contributed by atoms with Crippen LogP contribution in [0.15, 0.2) is 12.7 Å². The van der Waals surface area contributed by atoms with Gasteiger partial charge in [-0.05, 0) is 12.8 Å². The highest BCUT2D eigenvalue weighted by atomic mass is 16.7. The fourth-order valence-corrected chi connectivity index (χ4v) is 3.01. The second-order valence-corrected chi connectivity index (χ2v) is 6.85. The minimum atomic E-state index is -1.61. The van der Waals surface area contributed by atoms with Gasteiger partial charge in [-0.15, -0.1) is 6.58 Å². The molecule has 0 amide bonds. The van der Waals surface area contributed by atoms with Gasteiger partial charge in [0.05, 0.1) is 19.8 Å². The molecule has 0 aliphatic carbocycles. The van der Waals surface area contributed by atoms with E-state index in [1.165, 1.54) is 0 Å². The standard InChI is InChI=1S/C17H30O11/c1-2-3-4-5-25-16-14(23)13(22)11(20)9(28-16)7-26-17-15(24)12(21)10(19)8(6-18)27-17/h2,8-24H,1,3-7H2/t8-,9-,10+,11-,12+,13+,14-,15-,16-,17-/m1/s1. The lowest BCUT2D eigenvalue weighted by atomic mass is 9.98. The third-order valence-corrected chi connectivity index (χ3v) is 4.78. The van der Waals surface area contributed by atoms with E-state index in [1.54, 1.807) is 6.08 Å². The Morgan fingerprint density at radius 2 is 1.29 bits per heavy atom. The average Bonchev–Trinajstić information content (AvgIpc) is 2.69. The summed E-state index contributed by atoms with van der Waals surface area (Å²) in [7, 11) is 0. The lowest BCUT2D eigenvalue weighted by molar-refractivity contribution is -0.331. The molecule has 11 heteroatoms. The Bertz CT molecular complexity index is 476. The topological polar surface area (TPSA) is 179 Å². The zero-order valence-electron chi connectivity index (χ0n) is 15.4. The Morgan fingerprint density at radius 1 is 0.750 bits per heavy atom. The van der Waals surface area contributed by atoms with Crippen LogP contribution in [0.25, 0.3) is 0 Å². The second kappa shape index (κ2) is 10.9. The van der Waals surface area contributed by atoms with Crippen molar-refractivity contribution in [3.05, 3.63) is 12.7 Å². The van der Waals surface area contributed by atoms with E-state index in [2.05, 4.69) is 6.58 Å². The molecule has 7 N–H and O–H groups in total. The van der Waals surface area contributed by atoms with Crippen molar-refractivity contribution in [3.8, 4) is 0 Å². The summed E-state index contributed by atoms with van der Waals surface area (Å²) in [5.74, 6) is 0. The summed E-state index contributed by atoms with van der Waals surface area (Å²) in [6.07, 6.45) is -11.1. The van der Waals surface area contributed by atoms with Gasteiger partial charge in [-0.3, -0.25) is 0 Å². The summed E-state index contributed by atoms with van der Waals surface area (Å²) >= 11 is 0. The number of aliphatic hydroxyl groups is 7. The molecule has 2 aliphatic rings. The normalized spacial score (nSPS) is 44.4. The summed E-state index contributed by atoms with van der Waals surface area (Å²) in [5.41, 5.74) is 0. The predicted molar refractivity (Wildman–Crippen MR) is 91.8 cm³/mol. The van der Waals surface area contributed by atoms with Crippen LogP contribution in [0.2, 0.25) is 0 Å². The molecule has 11 nitrogen and oxygen atoms in total. The Hall–Kier alpha value is -0.700. The minimum Gasteiger partial charge on any atom is -0.394 e. The van der Waals surface area contributed by atoms with E-state index in [9.17, 15) is 35.7 Å². The van der Waals surface area contributed by atoms with E-state index >= 15 is 0 Å². The summed E-state index contributed by atoms with van der Waals surface area (Å²) in [4.78, 5) is 0. The highest BCUT2D eigenvalue weighted by Gasteiger charge is 2.47. The van der Waals surface area contributed by atoms with Gasteiger partial charge < -0.3 is 54.7 Å². The molecule has 2 rings (SSSR count). The summed E-state index contributed by atoms with van der Waals surface area (Å²) < 4.78 is 21.4. The maximum absolute atomic E-state index is 10.1. The minimum absolute atomic E-state index is 0.233. The van der Waals surface area contributed by atoms with Crippen molar-refractivity contribution in [3.63, 3.8) is 0 Å². The molecule has 0 aromatic rings. The predicted octanol–water partition coefficient (Wildman–Crippen LogP) is -3.41. The zero-order valence-corrected chi connectivity index (χ0v) is 15.4. The zero-order chi connectivity index (χ0) is 20.8.